The second-order valence-electron chi connectivity index (χ2n) is 3.31. The minimum absolute atomic E-state index is 0.0612. The van der Waals surface area contributed by atoms with E-state index in [1.54, 1.807) is 0 Å². The van der Waals surface area contributed by atoms with Gasteiger partial charge in [0, 0.05) is 0 Å². The first-order valence-corrected chi connectivity index (χ1v) is 5.75. The normalized spacial score (nSPS) is 13.4. The van der Waals surface area contributed by atoms with Crippen LogP contribution < -0.4 is 5.73 Å². The van der Waals surface area contributed by atoms with Crippen LogP contribution in [-0.2, 0) is 14.9 Å². The zero-order chi connectivity index (χ0) is 12.5. The van der Waals surface area contributed by atoms with E-state index in [1.165, 1.54) is 6.92 Å². The number of hydrogen-bond acceptors (Lipinski definition) is 3. The van der Waals surface area contributed by atoms with E-state index in [0.29, 0.717) is 0 Å². The Bertz CT molecular complexity index is 526. The van der Waals surface area contributed by atoms with Crippen LogP contribution in [0.2, 0.25) is 0 Å². The van der Waals surface area contributed by atoms with Gasteiger partial charge in [0.25, 0.3) is 10.1 Å². The number of primary amides is 1. The molecule has 1 unspecified atom stereocenters. The molecule has 1 rings (SSSR count). The van der Waals surface area contributed by atoms with Gasteiger partial charge >= 0.3 is 0 Å². The Hall–Kier alpha value is -1.47. The fourth-order valence-corrected chi connectivity index (χ4v) is 2.10. The fourth-order valence-electron chi connectivity index (χ4n) is 1.31. The highest BCUT2D eigenvalue weighted by Crippen LogP contribution is 2.23. The Morgan fingerprint density at radius 3 is 2.44 bits per heavy atom. The van der Waals surface area contributed by atoms with Crippen molar-refractivity contribution in [3.05, 3.63) is 35.1 Å². The molecule has 5 nitrogen and oxygen atoms in total. The first-order chi connectivity index (χ1) is 7.23. The van der Waals surface area contributed by atoms with Gasteiger partial charge in [-0.2, -0.15) is 8.42 Å². The monoisotopic (exact) mass is 247 g/mol. The molecule has 1 atom stereocenters. The largest absolute Gasteiger partial charge is 0.368 e. The zero-order valence-corrected chi connectivity index (χ0v) is 9.16. The molecule has 1 aromatic rings. The average molecular weight is 247 g/mol. The Morgan fingerprint density at radius 1 is 1.50 bits per heavy atom. The number of carbonyl (C=O) groups excluding carboxylic acids is 1. The van der Waals surface area contributed by atoms with Gasteiger partial charge in [-0.15, -0.1) is 0 Å². The van der Waals surface area contributed by atoms with Gasteiger partial charge in [-0.05, 0) is 24.1 Å². The lowest BCUT2D eigenvalue weighted by Gasteiger charge is -2.11. The molecule has 0 aromatic heterocycles. The van der Waals surface area contributed by atoms with Gasteiger partial charge in [0.15, 0.2) is 5.25 Å². The maximum atomic E-state index is 12.9. The second-order valence-corrected chi connectivity index (χ2v) is 4.81. The Morgan fingerprint density at radius 2 is 2.06 bits per heavy atom. The van der Waals surface area contributed by atoms with Gasteiger partial charge in [0.2, 0.25) is 5.91 Å². The summed E-state index contributed by atoms with van der Waals surface area (Å²) in [7, 11) is -4.64. The van der Waals surface area contributed by atoms with E-state index in [9.17, 15) is 17.6 Å². The number of aryl methyl sites for hydroxylation is 1. The van der Waals surface area contributed by atoms with Gasteiger partial charge < -0.3 is 5.73 Å². The molecule has 0 fully saturated rings. The summed E-state index contributed by atoms with van der Waals surface area (Å²) in [6.45, 7) is 1.40. The Labute approximate surface area is 91.8 Å². The van der Waals surface area contributed by atoms with Crippen molar-refractivity contribution in [2.45, 2.75) is 12.2 Å². The van der Waals surface area contributed by atoms with Crippen LogP contribution >= 0.6 is 0 Å². The number of hydrogen-bond donors (Lipinski definition) is 2. The summed E-state index contributed by atoms with van der Waals surface area (Å²) in [5.74, 6) is -1.75. The molecule has 0 bridgehead atoms. The Balaban J connectivity index is 3.34. The van der Waals surface area contributed by atoms with E-state index in [1.807, 2.05) is 0 Å². The van der Waals surface area contributed by atoms with Crippen molar-refractivity contribution in [3.8, 4) is 0 Å². The molecule has 0 heterocycles. The molecule has 16 heavy (non-hydrogen) atoms. The van der Waals surface area contributed by atoms with E-state index in [0.717, 1.165) is 18.2 Å². The van der Waals surface area contributed by atoms with Crippen LogP contribution in [0.5, 0.6) is 0 Å². The molecular weight excluding hydrogens is 237 g/mol. The molecule has 0 aliphatic carbocycles. The summed E-state index contributed by atoms with van der Waals surface area (Å²) in [6.07, 6.45) is 0. The van der Waals surface area contributed by atoms with E-state index < -0.39 is 27.1 Å². The maximum absolute atomic E-state index is 12.9. The van der Waals surface area contributed by atoms with E-state index in [4.69, 9.17) is 10.3 Å². The third-order valence-electron chi connectivity index (χ3n) is 2.04. The highest BCUT2D eigenvalue weighted by molar-refractivity contribution is 7.86. The molecule has 1 amide bonds. The van der Waals surface area contributed by atoms with Gasteiger partial charge in [0.1, 0.15) is 5.82 Å². The van der Waals surface area contributed by atoms with Crippen molar-refractivity contribution in [2.24, 2.45) is 5.73 Å². The molecule has 0 saturated carbocycles. The van der Waals surface area contributed by atoms with Crippen LogP contribution in [0.15, 0.2) is 18.2 Å². The maximum Gasteiger partial charge on any atom is 0.281 e. The summed E-state index contributed by atoms with van der Waals surface area (Å²) in [5.41, 5.74) is 4.97. The minimum Gasteiger partial charge on any atom is -0.368 e. The quantitative estimate of drug-likeness (QED) is 0.762. The van der Waals surface area contributed by atoms with Crippen molar-refractivity contribution in [3.63, 3.8) is 0 Å². The number of nitrogens with two attached hydrogens (primary N) is 1. The lowest BCUT2D eigenvalue weighted by Crippen LogP contribution is -2.28. The third kappa shape index (κ3) is 2.56. The van der Waals surface area contributed by atoms with E-state index in [-0.39, 0.29) is 11.1 Å². The number of rotatable bonds is 3. The van der Waals surface area contributed by atoms with Gasteiger partial charge in [0.05, 0.1) is 0 Å². The molecular formula is C9H10FNO4S. The molecule has 1 aromatic carbocycles. The lowest BCUT2D eigenvalue weighted by molar-refractivity contribution is -0.117. The molecule has 0 aliphatic heterocycles. The molecule has 0 spiro atoms. The van der Waals surface area contributed by atoms with Crippen molar-refractivity contribution in [1.82, 2.24) is 0 Å². The predicted molar refractivity (Wildman–Crippen MR) is 54.6 cm³/mol. The summed E-state index contributed by atoms with van der Waals surface area (Å²) in [4.78, 5) is 10.9. The first-order valence-electron chi connectivity index (χ1n) is 4.25. The molecule has 88 valence electrons. The predicted octanol–water partition coefficient (Wildman–Crippen LogP) is 0.548. The number of halogens is 1. The number of benzene rings is 1. The first kappa shape index (κ1) is 12.6. The second kappa shape index (κ2) is 4.18. The van der Waals surface area contributed by atoms with Crippen LogP contribution in [0, 0.1) is 12.7 Å². The summed E-state index contributed by atoms with van der Waals surface area (Å²) in [5, 5.41) is -1.87. The van der Waals surface area contributed by atoms with Gasteiger partial charge in [-0.3, -0.25) is 9.35 Å². The fraction of sp³-hybridized carbons (Fsp3) is 0.222. The average Bonchev–Trinajstić information content (AvgIpc) is 2.08. The smallest absolute Gasteiger partial charge is 0.281 e. The van der Waals surface area contributed by atoms with Crippen LogP contribution in [0.25, 0.3) is 0 Å². The van der Waals surface area contributed by atoms with Gasteiger partial charge in [-0.25, -0.2) is 4.39 Å². The number of carbonyl (C=O) groups is 1. The summed E-state index contributed by atoms with van der Waals surface area (Å²) < 4.78 is 43.6. The SMILES string of the molecule is Cc1cc(C(C(N)=O)S(=O)(=O)O)ccc1F. The zero-order valence-electron chi connectivity index (χ0n) is 8.34. The lowest BCUT2D eigenvalue weighted by atomic mass is 10.1. The number of amides is 1. The van der Waals surface area contributed by atoms with Crippen molar-refractivity contribution >= 4 is 16.0 Å². The highest BCUT2D eigenvalue weighted by atomic mass is 32.2. The van der Waals surface area contributed by atoms with Crippen LogP contribution in [-0.4, -0.2) is 18.9 Å². The van der Waals surface area contributed by atoms with Crippen molar-refractivity contribution in [2.75, 3.05) is 0 Å². The van der Waals surface area contributed by atoms with Crippen LogP contribution in [0.1, 0.15) is 16.4 Å². The topological polar surface area (TPSA) is 97.5 Å². The molecule has 0 aliphatic rings. The highest BCUT2D eigenvalue weighted by Gasteiger charge is 2.31. The van der Waals surface area contributed by atoms with Gasteiger partial charge in [-0.1, -0.05) is 12.1 Å². The Kier molecular flexibility index (Phi) is 3.30. The van der Waals surface area contributed by atoms with E-state index >= 15 is 0 Å². The summed E-state index contributed by atoms with van der Waals surface area (Å²) in [6, 6.07) is 3.25. The van der Waals surface area contributed by atoms with E-state index in [2.05, 4.69) is 0 Å². The molecule has 0 saturated heterocycles. The van der Waals surface area contributed by atoms with Crippen molar-refractivity contribution in [1.29, 1.82) is 0 Å². The standard InChI is InChI=1S/C9H10FNO4S/c1-5-4-6(2-3-7(5)10)8(9(11)12)16(13,14)15/h2-4,8H,1H3,(H2,11,12)(H,13,14,15). The van der Waals surface area contributed by atoms with Crippen LogP contribution in [0.3, 0.4) is 0 Å². The minimum atomic E-state index is -4.64. The third-order valence-corrected chi connectivity index (χ3v) is 3.14. The molecule has 3 N–H and O–H groups in total. The molecule has 7 heteroatoms. The van der Waals surface area contributed by atoms with Crippen molar-refractivity contribution < 1.29 is 22.2 Å². The van der Waals surface area contributed by atoms with Crippen LogP contribution in [0.4, 0.5) is 4.39 Å². The summed E-state index contributed by atoms with van der Waals surface area (Å²) >= 11 is 0. The molecule has 0 radical (unpaired) electrons.